The van der Waals surface area contributed by atoms with Gasteiger partial charge in [-0.2, -0.15) is 0 Å². The zero-order valence-corrected chi connectivity index (χ0v) is 15.5. The molecule has 0 heterocycles. The molecule has 0 saturated heterocycles. The lowest BCUT2D eigenvalue weighted by atomic mass is 9.90. The first-order valence-electron chi connectivity index (χ1n) is 9.79. The third kappa shape index (κ3) is 12.0. The molecule has 0 N–H and O–H groups in total. The predicted molar refractivity (Wildman–Crippen MR) is 99.2 cm³/mol. The average Bonchev–Trinajstić information content (AvgIpc) is 2.51. The van der Waals surface area contributed by atoms with Crippen molar-refractivity contribution < 1.29 is 4.79 Å². The lowest BCUT2D eigenvalue weighted by Gasteiger charge is -2.13. The van der Waals surface area contributed by atoms with Crippen molar-refractivity contribution in [1.29, 1.82) is 0 Å². The largest absolute Gasteiger partial charge is 0.299 e. The Bertz CT molecular complexity index is 267. The monoisotopic (exact) mass is 308 g/mol. The number of carbonyl (C=O) groups excluding carboxylic acids is 1. The van der Waals surface area contributed by atoms with E-state index >= 15 is 0 Å². The molecule has 0 amide bonds. The van der Waals surface area contributed by atoms with Gasteiger partial charge in [0.15, 0.2) is 0 Å². The van der Waals surface area contributed by atoms with Crippen LogP contribution in [0.5, 0.6) is 0 Å². The molecule has 1 heteroatoms. The van der Waals surface area contributed by atoms with Crippen molar-refractivity contribution in [3.8, 4) is 0 Å². The zero-order valence-electron chi connectivity index (χ0n) is 15.5. The Morgan fingerprint density at radius 2 is 1.23 bits per heavy atom. The van der Waals surface area contributed by atoms with E-state index < -0.39 is 0 Å². The van der Waals surface area contributed by atoms with Gasteiger partial charge in [0, 0.05) is 11.8 Å². The van der Waals surface area contributed by atoms with Crippen molar-refractivity contribution in [2.45, 2.75) is 104 Å². The fraction of sp³-hybridized carbons (Fsp3) is 0.857. The van der Waals surface area contributed by atoms with Gasteiger partial charge in [0.05, 0.1) is 0 Å². The molecule has 130 valence electrons. The van der Waals surface area contributed by atoms with E-state index in [1.165, 1.54) is 77.0 Å². The smallest absolute Gasteiger partial charge is 0.142 e. The van der Waals surface area contributed by atoms with Crippen LogP contribution in [0.2, 0.25) is 0 Å². The van der Waals surface area contributed by atoms with Crippen molar-refractivity contribution in [1.82, 2.24) is 0 Å². The van der Waals surface area contributed by atoms with Gasteiger partial charge < -0.3 is 0 Å². The van der Waals surface area contributed by atoms with Gasteiger partial charge in [-0.1, -0.05) is 104 Å². The Kier molecular flexibility index (Phi) is 14.9. The fourth-order valence-corrected chi connectivity index (χ4v) is 3.01. The molecule has 0 radical (unpaired) electrons. The van der Waals surface area contributed by atoms with Crippen molar-refractivity contribution in [3.05, 3.63) is 12.7 Å². The summed E-state index contributed by atoms with van der Waals surface area (Å²) in [6.07, 6.45) is 19.2. The van der Waals surface area contributed by atoms with Crippen LogP contribution in [0.25, 0.3) is 0 Å². The van der Waals surface area contributed by atoms with E-state index in [-0.39, 0.29) is 11.8 Å². The van der Waals surface area contributed by atoms with Gasteiger partial charge >= 0.3 is 0 Å². The highest BCUT2D eigenvalue weighted by Gasteiger charge is 2.17. The summed E-state index contributed by atoms with van der Waals surface area (Å²) in [5.74, 6) is 0.585. The van der Waals surface area contributed by atoms with Crippen LogP contribution < -0.4 is 0 Å². The molecule has 0 rings (SSSR count). The Labute approximate surface area is 140 Å². The summed E-state index contributed by atoms with van der Waals surface area (Å²) in [5.41, 5.74) is 0. The first kappa shape index (κ1) is 21.4. The van der Waals surface area contributed by atoms with Gasteiger partial charge in [-0.3, -0.25) is 4.79 Å². The molecule has 1 nitrogen and oxygen atoms in total. The molecule has 0 aromatic carbocycles. The van der Waals surface area contributed by atoms with Gasteiger partial charge in [-0.25, -0.2) is 0 Å². The Hall–Kier alpha value is -0.590. The van der Waals surface area contributed by atoms with Crippen LogP contribution in [0, 0.1) is 11.8 Å². The van der Waals surface area contributed by atoms with E-state index in [0.29, 0.717) is 5.78 Å². The van der Waals surface area contributed by atoms with Crippen molar-refractivity contribution in [2.75, 3.05) is 0 Å². The summed E-state index contributed by atoms with van der Waals surface area (Å²) >= 11 is 0. The Morgan fingerprint density at radius 3 is 1.59 bits per heavy atom. The average molecular weight is 309 g/mol. The van der Waals surface area contributed by atoms with Gasteiger partial charge in [-0.15, -0.1) is 6.58 Å². The van der Waals surface area contributed by atoms with Crippen LogP contribution in [-0.2, 0) is 4.79 Å². The molecule has 22 heavy (non-hydrogen) atoms. The minimum atomic E-state index is 0.0862. The van der Waals surface area contributed by atoms with Crippen LogP contribution in [0.15, 0.2) is 12.7 Å². The number of rotatable bonds is 16. The van der Waals surface area contributed by atoms with Gasteiger partial charge in [0.1, 0.15) is 5.78 Å². The molecular formula is C21H40O. The van der Waals surface area contributed by atoms with Crippen LogP contribution in [-0.4, -0.2) is 5.78 Å². The van der Waals surface area contributed by atoms with Crippen LogP contribution in [0.1, 0.15) is 104 Å². The fourth-order valence-electron chi connectivity index (χ4n) is 3.01. The number of hydrogen-bond acceptors (Lipinski definition) is 1. The standard InChI is InChI=1S/C21H40O/c1-5-7-8-9-10-11-12-13-14-15-16-17-18-20(6-2)21(22)19(3)4/h6,19-20H,2,5,7-18H2,1,3-4H3. The molecule has 0 aliphatic carbocycles. The molecule has 0 spiro atoms. The third-order valence-corrected chi connectivity index (χ3v) is 4.59. The maximum Gasteiger partial charge on any atom is 0.142 e. The number of allylic oxidation sites excluding steroid dienone is 1. The molecule has 0 aromatic rings. The third-order valence-electron chi connectivity index (χ3n) is 4.59. The number of ketones is 1. The Balaban J connectivity index is 3.35. The first-order valence-corrected chi connectivity index (χ1v) is 9.79. The molecule has 0 bridgehead atoms. The highest BCUT2D eigenvalue weighted by Crippen LogP contribution is 2.18. The second-order valence-electron chi connectivity index (χ2n) is 7.08. The summed E-state index contributed by atoms with van der Waals surface area (Å²) in [5, 5.41) is 0. The van der Waals surface area contributed by atoms with Crippen LogP contribution >= 0.6 is 0 Å². The lowest BCUT2D eigenvalue weighted by Crippen LogP contribution is -2.17. The molecule has 1 unspecified atom stereocenters. The normalized spacial score (nSPS) is 12.5. The summed E-state index contributed by atoms with van der Waals surface area (Å²) in [6, 6.07) is 0. The zero-order chi connectivity index (χ0) is 16.6. The van der Waals surface area contributed by atoms with Crippen molar-refractivity contribution in [3.63, 3.8) is 0 Å². The van der Waals surface area contributed by atoms with E-state index in [0.717, 1.165) is 6.42 Å². The quantitative estimate of drug-likeness (QED) is 0.219. The van der Waals surface area contributed by atoms with Gasteiger partial charge in [-0.05, 0) is 6.42 Å². The molecule has 0 saturated carbocycles. The van der Waals surface area contributed by atoms with Gasteiger partial charge in [0.25, 0.3) is 0 Å². The lowest BCUT2D eigenvalue weighted by molar-refractivity contribution is -0.124. The van der Waals surface area contributed by atoms with Crippen molar-refractivity contribution >= 4 is 5.78 Å². The van der Waals surface area contributed by atoms with E-state index in [1.807, 2.05) is 19.9 Å². The van der Waals surface area contributed by atoms with Crippen molar-refractivity contribution in [2.24, 2.45) is 11.8 Å². The van der Waals surface area contributed by atoms with Crippen LogP contribution in [0.3, 0.4) is 0 Å². The van der Waals surface area contributed by atoms with E-state index in [9.17, 15) is 4.79 Å². The Morgan fingerprint density at radius 1 is 0.818 bits per heavy atom. The molecule has 0 aromatic heterocycles. The minimum absolute atomic E-state index is 0.0862. The summed E-state index contributed by atoms with van der Waals surface area (Å²) in [4.78, 5) is 11.9. The summed E-state index contributed by atoms with van der Waals surface area (Å²) < 4.78 is 0. The van der Waals surface area contributed by atoms with E-state index in [4.69, 9.17) is 0 Å². The maximum atomic E-state index is 11.9. The maximum absolute atomic E-state index is 11.9. The molecule has 1 atom stereocenters. The van der Waals surface area contributed by atoms with Crippen LogP contribution in [0.4, 0.5) is 0 Å². The topological polar surface area (TPSA) is 17.1 Å². The molecule has 0 aliphatic rings. The number of Topliss-reactive ketones (excluding diaryl/α,β-unsaturated/α-hetero) is 1. The number of unbranched alkanes of at least 4 members (excludes halogenated alkanes) is 11. The summed E-state index contributed by atoms with van der Waals surface area (Å²) in [6.45, 7) is 10.1. The molecule has 0 fully saturated rings. The number of hydrogen-bond donors (Lipinski definition) is 0. The minimum Gasteiger partial charge on any atom is -0.299 e. The highest BCUT2D eigenvalue weighted by atomic mass is 16.1. The van der Waals surface area contributed by atoms with E-state index in [2.05, 4.69) is 13.5 Å². The molecular weight excluding hydrogens is 268 g/mol. The predicted octanol–water partition coefficient (Wildman–Crippen LogP) is 7.10. The van der Waals surface area contributed by atoms with Gasteiger partial charge in [0.2, 0.25) is 0 Å². The second-order valence-corrected chi connectivity index (χ2v) is 7.08. The second kappa shape index (κ2) is 15.3. The SMILES string of the molecule is C=CC(CCCCCCCCCCCCCC)C(=O)C(C)C. The first-order chi connectivity index (χ1) is 10.6. The highest BCUT2D eigenvalue weighted by molar-refractivity contribution is 5.84. The summed E-state index contributed by atoms with van der Waals surface area (Å²) in [7, 11) is 0. The number of carbonyl (C=O) groups is 1. The van der Waals surface area contributed by atoms with E-state index in [1.54, 1.807) is 0 Å². The molecule has 0 aliphatic heterocycles.